The molecular weight excluding hydrogens is 364 g/mol. The standard InChI is InChI=1S/C22H19F2NO3/c1-14(18-10-9-17(23)12-20(18)24)25-21(26)13-28-22(27)11-16-7-4-6-15-5-2-3-8-19(15)16/h2-10,12,14H,11,13H2,1H3,(H,25,26)/t14-/m0/s1. The Morgan fingerprint density at radius 1 is 1.04 bits per heavy atom. The van der Waals surface area contributed by atoms with E-state index in [-0.39, 0.29) is 12.0 Å². The van der Waals surface area contributed by atoms with Gasteiger partial charge in [0, 0.05) is 11.6 Å². The molecule has 3 aromatic carbocycles. The van der Waals surface area contributed by atoms with Crippen molar-refractivity contribution in [3.63, 3.8) is 0 Å². The van der Waals surface area contributed by atoms with Gasteiger partial charge in [-0.1, -0.05) is 48.5 Å². The average molecular weight is 383 g/mol. The van der Waals surface area contributed by atoms with Crippen LogP contribution >= 0.6 is 0 Å². The third kappa shape index (κ3) is 4.71. The Morgan fingerprint density at radius 2 is 1.79 bits per heavy atom. The molecular formula is C22H19F2NO3. The molecule has 28 heavy (non-hydrogen) atoms. The number of fused-ring (bicyclic) bond motifs is 1. The first-order chi connectivity index (χ1) is 13.4. The van der Waals surface area contributed by atoms with Crippen LogP contribution in [-0.4, -0.2) is 18.5 Å². The Balaban J connectivity index is 1.54. The summed E-state index contributed by atoms with van der Waals surface area (Å²) in [5.74, 6) is -2.54. The largest absolute Gasteiger partial charge is 0.455 e. The molecule has 0 heterocycles. The number of halogens is 2. The van der Waals surface area contributed by atoms with Crippen molar-refractivity contribution in [2.45, 2.75) is 19.4 Å². The normalized spacial score (nSPS) is 11.8. The summed E-state index contributed by atoms with van der Waals surface area (Å²) < 4.78 is 31.8. The number of hydrogen-bond acceptors (Lipinski definition) is 3. The van der Waals surface area contributed by atoms with Gasteiger partial charge in [-0.3, -0.25) is 9.59 Å². The molecule has 0 fully saturated rings. The highest BCUT2D eigenvalue weighted by atomic mass is 19.1. The number of hydrogen-bond donors (Lipinski definition) is 1. The minimum absolute atomic E-state index is 0.0385. The Morgan fingerprint density at radius 3 is 2.57 bits per heavy atom. The molecule has 0 aliphatic carbocycles. The predicted molar refractivity (Wildman–Crippen MR) is 102 cm³/mol. The third-order valence-electron chi connectivity index (χ3n) is 4.39. The van der Waals surface area contributed by atoms with Crippen molar-refractivity contribution in [1.29, 1.82) is 0 Å². The number of ether oxygens (including phenoxy) is 1. The molecule has 0 saturated heterocycles. The number of benzene rings is 3. The van der Waals surface area contributed by atoms with Crippen molar-refractivity contribution in [3.8, 4) is 0 Å². The van der Waals surface area contributed by atoms with Crippen LogP contribution in [0, 0.1) is 11.6 Å². The van der Waals surface area contributed by atoms with E-state index >= 15 is 0 Å². The van der Waals surface area contributed by atoms with Gasteiger partial charge in [-0.25, -0.2) is 8.78 Å². The van der Waals surface area contributed by atoms with Gasteiger partial charge in [0.15, 0.2) is 6.61 Å². The van der Waals surface area contributed by atoms with Gasteiger partial charge in [0.05, 0.1) is 12.5 Å². The quantitative estimate of drug-likeness (QED) is 0.653. The molecule has 0 aliphatic rings. The van der Waals surface area contributed by atoms with Crippen LogP contribution in [0.25, 0.3) is 10.8 Å². The molecule has 144 valence electrons. The summed E-state index contributed by atoms with van der Waals surface area (Å²) in [5.41, 5.74) is 0.960. The minimum Gasteiger partial charge on any atom is -0.455 e. The van der Waals surface area contributed by atoms with Crippen LogP contribution in [0.1, 0.15) is 24.1 Å². The van der Waals surface area contributed by atoms with Gasteiger partial charge < -0.3 is 10.1 Å². The average Bonchev–Trinajstić information content (AvgIpc) is 2.66. The van der Waals surface area contributed by atoms with Crippen molar-refractivity contribution in [2.24, 2.45) is 0 Å². The number of rotatable bonds is 6. The number of nitrogens with one attached hydrogen (secondary N) is 1. The van der Waals surface area contributed by atoms with Crippen LogP contribution in [0.2, 0.25) is 0 Å². The molecule has 0 unspecified atom stereocenters. The molecule has 0 aliphatic heterocycles. The van der Waals surface area contributed by atoms with Gasteiger partial charge in [0.2, 0.25) is 0 Å². The third-order valence-corrected chi connectivity index (χ3v) is 4.39. The molecule has 0 bridgehead atoms. The van der Waals surface area contributed by atoms with E-state index in [1.54, 1.807) is 6.92 Å². The summed E-state index contributed by atoms with van der Waals surface area (Å²) in [5, 5.41) is 4.49. The monoisotopic (exact) mass is 383 g/mol. The second-order valence-electron chi connectivity index (χ2n) is 6.43. The number of carbonyl (C=O) groups is 2. The highest BCUT2D eigenvalue weighted by molar-refractivity contribution is 5.89. The van der Waals surface area contributed by atoms with Crippen molar-refractivity contribution in [1.82, 2.24) is 5.32 Å². The molecule has 0 radical (unpaired) electrons. The predicted octanol–water partition coefficient (Wildman–Crippen LogP) is 4.08. The first kappa shape index (κ1) is 19.5. The molecule has 4 nitrogen and oxygen atoms in total. The summed E-state index contributed by atoms with van der Waals surface area (Å²) in [4.78, 5) is 24.1. The number of carbonyl (C=O) groups excluding carboxylic acids is 2. The van der Waals surface area contributed by atoms with Crippen LogP contribution in [0.5, 0.6) is 0 Å². The lowest BCUT2D eigenvalue weighted by atomic mass is 10.0. The summed E-state index contributed by atoms with van der Waals surface area (Å²) in [6.45, 7) is 1.09. The zero-order valence-electron chi connectivity index (χ0n) is 15.2. The lowest BCUT2D eigenvalue weighted by Crippen LogP contribution is -2.31. The molecule has 3 aromatic rings. The Bertz CT molecular complexity index is 1010. The molecule has 0 aromatic heterocycles. The highest BCUT2D eigenvalue weighted by Gasteiger charge is 2.16. The maximum atomic E-state index is 13.8. The fraction of sp³-hybridized carbons (Fsp3) is 0.182. The zero-order chi connectivity index (χ0) is 20.1. The second-order valence-corrected chi connectivity index (χ2v) is 6.43. The summed E-state index contributed by atoms with van der Waals surface area (Å²) in [7, 11) is 0. The van der Waals surface area contributed by atoms with Crippen molar-refractivity contribution in [3.05, 3.63) is 83.4 Å². The Hall–Kier alpha value is -3.28. The topological polar surface area (TPSA) is 55.4 Å². The highest BCUT2D eigenvalue weighted by Crippen LogP contribution is 2.19. The maximum absolute atomic E-state index is 13.8. The number of esters is 1. The fourth-order valence-corrected chi connectivity index (χ4v) is 3.01. The molecule has 0 spiro atoms. The lowest BCUT2D eigenvalue weighted by molar-refractivity contribution is -0.148. The van der Waals surface area contributed by atoms with Crippen LogP contribution in [-0.2, 0) is 20.7 Å². The van der Waals surface area contributed by atoms with Crippen LogP contribution in [0.15, 0.2) is 60.7 Å². The van der Waals surface area contributed by atoms with Gasteiger partial charge >= 0.3 is 5.97 Å². The zero-order valence-corrected chi connectivity index (χ0v) is 15.2. The van der Waals surface area contributed by atoms with E-state index in [0.29, 0.717) is 0 Å². The molecule has 3 rings (SSSR count). The molecule has 1 atom stereocenters. The maximum Gasteiger partial charge on any atom is 0.310 e. The van der Waals surface area contributed by atoms with Gasteiger partial charge in [-0.05, 0) is 29.3 Å². The van der Waals surface area contributed by atoms with Crippen molar-refractivity contribution in [2.75, 3.05) is 6.61 Å². The number of amides is 1. The molecule has 6 heteroatoms. The Labute approximate surface area is 161 Å². The molecule has 1 amide bonds. The minimum atomic E-state index is -0.749. The van der Waals surface area contributed by atoms with E-state index in [1.165, 1.54) is 6.07 Å². The Kier molecular flexibility index (Phi) is 5.99. The van der Waals surface area contributed by atoms with Crippen LogP contribution in [0.4, 0.5) is 8.78 Å². The van der Waals surface area contributed by atoms with Crippen molar-refractivity contribution < 1.29 is 23.1 Å². The smallest absolute Gasteiger partial charge is 0.310 e. The summed E-state index contributed by atoms with van der Waals surface area (Å²) in [6, 6.07) is 15.8. The molecule has 1 N–H and O–H groups in total. The van der Waals surface area contributed by atoms with Gasteiger partial charge in [-0.2, -0.15) is 0 Å². The van der Waals surface area contributed by atoms with Gasteiger partial charge in [0.1, 0.15) is 11.6 Å². The van der Waals surface area contributed by atoms with Gasteiger partial charge in [-0.15, -0.1) is 0 Å². The summed E-state index contributed by atoms with van der Waals surface area (Å²) >= 11 is 0. The molecule has 0 saturated carbocycles. The fourth-order valence-electron chi connectivity index (χ4n) is 3.01. The van der Waals surface area contributed by atoms with E-state index < -0.39 is 36.2 Å². The SMILES string of the molecule is C[C@H](NC(=O)COC(=O)Cc1cccc2ccccc12)c1ccc(F)cc1F. The van der Waals surface area contributed by atoms with E-state index in [4.69, 9.17) is 4.74 Å². The van der Waals surface area contributed by atoms with E-state index in [9.17, 15) is 18.4 Å². The van der Waals surface area contributed by atoms with Crippen molar-refractivity contribution >= 4 is 22.6 Å². The van der Waals surface area contributed by atoms with E-state index in [1.807, 2.05) is 42.5 Å². The van der Waals surface area contributed by atoms with E-state index in [0.717, 1.165) is 28.5 Å². The van der Waals surface area contributed by atoms with Gasteiger partial charge in [0.25, 0.3) is 5.91 Å². The first-order valence-electron chi connectivity index (χ1n) is 8.80. The van der Waals surface area contributed by atoms with Crippen LogP contribution < -0.4 is 5.32 Å². The van der Waals surface area contributed by atoms with Crippen LogP contribution in [0.3, 0.4) is 0 Å². The summed E-state index contributed by atoms with van der Waals surface area (Å²) in [6.07, 6.45) is 0.0385. The first-order valence-corrected chi connectivity index (χ1v) is 8.80. The second kappa shape index (κ2) is 8.61. The lowest BCUT2D eigenvalue weighted by Gasteiger charge is -2.15. The van der Waals surface area contributed by atoms with E-state index in [2.05, 4.69) is 5.32 Å².